The molecule has 5 amide bonds. The van der Waals surface area contributed by atoms with E-state index in [1.54, 1.807) is 7.11 Å². The van der Waals surface area contributed by atoms with Gasteiger partial charge >= 0.3 is 0 Å². The molecule has 1 aromatic rings. The number of nitrogens with zero attached hydrogens (tertiary/aromatic N) is 1. The third kappa shape index (κ3) is 14.0. The van der Waals surface area contributed by atoms with Gasteiger partial charge < -0.3 is 41.4 Å². The molecule has 1 aromatic carbocycles. The average Bonchev–Trinajstić information content (AvgIpc) is 3.11. The van der Waals surface area contributed by atoms with Crippen LogP contribution in [0.5, 0.6) is 0 Å². The Morgan fingerprint density at radius 2 is 1.78 bits per heavy atom. The number of ether oxygens (including phenoxy) is 2. The van der Waals surface area contributed by atoms with E-state index in [0.29, 0.717) is 58.4 Å². The van der Waals surface area contributed by atoms with Crippen molar-refractivity contribution in [1.82, 2.24) is 26.2 Å². The smallest absolute Gasteiger partial charge is 0.246 e. The lowest BCUT2D eigenvalue weighted by Crippen LogP contribution is -2.49. The molecule has 2 aliphatic heterocycles. The first-order chi connectivity index (χ1) is 24.1. The van der Waals surface area contributed by atoms with Gasteiger partial charge in [0.25, 0.3) is 0 Å². The predicted octanol–water partition coefficient (Wildman–Crippen LogP) is 0.169. The Labute approximate surface area is 294 Å². The number of piperidine rings is 1. The Balaban J connectivity index is 1.81. The zero-order chi connectivity index (χ0) is 36.3. The minimum Gasteiger partial charge on any atom is -0.385 e. The van der Waals surface area contributed by atoms with Crippen molar-refractivity contribution in [3.63, 3.8) is 0 Å². The van der Waals surface area contributed by atoms with Crippen LogP contribution in [0.4, 0.5) is 0 Å². The van der Waals surface area contributed by atoms with Gasteiger partial charge in [-0.05, 0) is 55.6 Å². The lowest BCUT2D eigenvalue weighted by Gasteiger charge is -2.32. The summed E-state index contributed by atoms with van der Waals surface area (Å²) in [5.41, 5.74) is 7.22. The van der Waals surface area contributed by atoms with E-state index < -0.39 is 35.7 Å². The fourth-order valence-corrected chi connectivity index (χ4v) is 6.09. The zero-order valence-electron chi connectivity index (χ0n) is 29.4. The standard InChI is InChI=1S/C36H54N6O8/c1-25-9-10-31(43)29(14-19-49-2)41-35(47)28-8-5-18-42(24-28)34(46)12-11-32(44)38-16-13-30(36(48)39-17-21-50-20-15-37)40-33(45)23-27-7-4-3-6-26(27)22-25/h3-4,6-7,11-12,25,28-30H,5,8-10,13-24,37H2,1-2H3,(H,38,44)(H,39,48)(H,40,45)(H,41,47)/b12-11+/t25?,28-,29+,30+/m1/s1. The Morgan fingerprint density at radius 3 is 2.54 bits per heavy atom. The molecule has 6 N–H and O–H groups in total. The van der Waals surface area contributed by atoms with Gasteiger partial charge in [0.05, 0.1) is 31.6 Å². The van der Waals surface area contributed by atoms with Gasteiger partial charge in [0.1, 0.15) is 6.04 Å². The second-order valence-corrected chi connectivity index (χ2v) is 13.0. The first kappa shape index (κ1) is 40.3. The Kier molecular flexibility index (Phi) is 17.6. The summed E-state index contributed by atoms with van der Waals surface area (Å²) in [7, 11) is 1.54. The highest BCUT2D eigenvalue weighted by molar-refractivity contribution is 5.97. The second-order valence-electron chi connectivity index (χ2n) is 13.0. The summed E-state index contributed by atoms with van der Waals surface area (Å²) in [6.07, 6.45) is 5.40. The molecular formula is C36H54N6O8. The third-order valence-corrected chi connectivity index (χ3v) is 8.91. The summed E-state index contributed by atoms with van der Waals surface area (Å²) in [6, 6.07) is 5.93. The Morgan fingerprint density at radius 1 is 1.00 bits per heavy atom. The van der Waals surface area contributed by atoms with Crippen LogP contribution in [-0.4, -0.2) is 112 Å². The molecule has 3 rings (SSSR count). The van der Waals surface area contributed by atoms with Crippen LogP contribution in [0.15, 0.2) is 36.4 Å². The van der Waals surface area contributed by atoms with Crippen molar-refractivity contribution in [1.29, 1.82) is 0 Å². The number of carbonyl (C=O) groups excluding carboxylic acids is 6. The van der Waals surface area contributed by atoms with E-state index in [9.17, 15) is 28.8 Å². The predicted molar refractivity (Wildman–Crippen MR) is 187 cm³/mol. The molecule has 2 heterocycles. The van der Waals surface area contributed by atoms with Crippen molar-refractivity contribution >= 4 is 35.3 Å². The van der Waals surface area contributed by atoms with Crippen molar-refractivity contribution in [2.45, 2.75) is 70.4 Å². The van der Waals surface area contributed by atoms with Gasteiger partial charge in [-0.15, -0.1) is 0 Å². The van der Waals surface area contributed by atoms with Crippen LogP contribution in [0.25, 0.3) is 0 Å². The maximum atomic E-state index is 13.4. The minimum absolute atomic E-state index is 0.0329. The van der Waals surface area contributed by atoms with E-state index in [-0.39, 0.29) is 69.0 Å². The van der Waals surface area contributed by atoms with E-state index >= 15 is 0 Å². The number of methoxy groups -OCH3 is 1. The first-order valence-electron chi connectivity index (χ1n) is 17.6. The molecule has 14 heteroatoms. The Hall–Kier alpha value is -4.14. The molecule has 0 radical (unpaired) electrons. The van der Waals surface area contributed by atoms with E-state index in [1.165, 1.54) is 4.90 Å². The molecule has 0 spiro atoms. The molecule has 2 bridgehead atoms. The molecule has 0 aromatic heterocycles. The molecule has 4 atom stereocenters. The highest BCUT2D eigenvalue weighted by atomic mass is 16.5. The Bertz CT molecular complexity index is 1340. The number of amides is 5. The summed E-state index contributed by atoms with van der Waals surface area (Å²) < 4.78 is 10.5. The number of ketones is 1. The van der Waals surface area contributed by atoms with Gasteiger partial charge in [-0.1, -0.05) is 31.2 Å². The summed E-state index contributed by atoms with van der Waals surface area (Å²) in [4.78, 5) is 80.1. The van der Waals surface area contributed by atoms with Crippen molar-refractivity contribution in [3.8, 4) is 0 Å². The fourth-order valence-electron chi connectivity index (χ4n) is 6.09. The van der Waals surface area contributed by atoms with E-state index in [0.717, 1.165) is 23.3 Å². The molecular weight excluding hydrogens is 644 g/mol. The summed E-state index contributed by atoms with van der Waals surface area (Å²) in [5, 5.41) is 11.2. The maximum Gasteiger partial charge on any atom is 0.246 e. The number of Topliss-reactive ketones (excluding diaryl/α,β-unsaturated/α-hetero) is 1. The molecule has 1 unspecified atom stereocenters. The van der Waals surface area contributed by atoms with Crippen molar-refractivity contribution in [2.75, 3.05) is 59.7 Å². The van der Waals surface area contributed by atoms with Gasteiger partial charge in [-0.25, -0.2) is 0 Å². The summed E-state index contributed by atoms with van der Waals surface area (Å²) >= 11 is 0. The molecule has 14 nitrogen and oxygen atoms in total. The molecule has 276 valence electrons. The van der Waals surface area contributed by atoms with Crippen LogP contribution in [0.2, 0.25) is 0 Å². The van der Waals surface area contributed by atoms with Crippen molar-refractivity contribution in [3.05, 3.63) is 47.5 Å². The van der Waals surface area contributed by atoms with E-state index in [4.69, 9.17) is 15.2 Å². The number of fused-ring (bicyclic) bond motifs is 3. The van der Waals surface area contributed by atoms with Crippen LogP contribution in [-0.2, 0) is 51.1 Å². The van der Waals surface area contributed by atoms with Crippen LogP contribution in [0.3, 0.4) is 0 Å². The highest BCUT2D eigenvalue weighted by Crippen LogP contribution is 2.21. The molecule has 1 saturated heterocycles. The SMILES string of the molecule is COCC[C@@H]1NC(=O)[C@@H]2CCCN(C2)C(=O)/C=C/C(=O)NCC[C@@H](C(=O)NCCOCCN)NC(=O)Cc2ccccc2CC(C)CCC1=O. The van der Waals surface area contributed by atoms with Crippen molar-refractivity contribution < 1.29 is 38.2 Å². The first-order valence-corrected chi connectivity index (χ1v) is 17.6. The molecule has 2 aliphatic rings. The summed E-state index contributed by atoms with van der Waals surface area (Å²) in [6.45, 7) is 4.21. The van der Waals surface area contributed by atoms with Gasteiger partial charge in [0, 0.05) is 65.0 Å². The fraction of sp³-hybridized carbons (Fsp3) is 0.611. The monoisotopic (exact) mass is 698 g/mol. The number of hydrogen-bond donors (Lipinski definition) is 5. The number of rotatable bonds is 9. The molecule has 0 aliphatic carbocycles. The molecule has 0 saturated carbocycles. The summed E-state index contributed by atoms with van der Waals surface area (Å²) in [5.74, 6) is -2.48. The van der Waals surface area contributed by atoms with E-state index in [1.807, 2.05) is 31.2 Å². The van der Waals surface area contributed by atoms with Crippen LogP contribution >= 0.6 is 0 Å². The van der Waals surface area contributed by atoms with Crippen LogP contribution in [0.1, 0.15) is 56.6 Å². The maximum absolute atomic E-state index is 13.4. The number of nitrogens with two attached hydrogens (primary N) is 1. The average molecular weight is 699 g/mol. The van der Waals surface area contributed by atoms with Gasteiger partial charge in [-0.2, -0.15) is 0 Å². The molecule has 50 heavy (non-hydrogen) atoms. The largest absolute Gasteiger partial charge is 0.385 e. The lowest BCUT2D eigenvalue weighted by molar-refractivity contribution is -0.135. The lowest BCUT2D eigenvalue weighted by atomic mass is 9.90. The van der Waals surface area contributed by atoms with Crippen LogP contribution in [0, 0.1) is 11.8 Å². The van der Waals surface area contributed by atoms with E-state index in [2.05, 4.69) is 21.3 Å². The molecule has 1 fully saturated rings. The topological polar surface area (TPSA) is 198 Å². The van der Waals surface area contributed by atoms with Gasteiger partial charge in [0.2, 0.25) is 29.5 Å². The quantitative estimate of drug-likeness (QED) is 0.223. The van der Waals surface area contributed by atoms with Crippen LogP contribution < -0.4 is 27.0 Å². The number of hydrogen-bond acceptors (Lipinski definition) is 9. The van der Waals surface area contributed by atoms with Crippen molar-refractivity contribution in [2.24, 2.45) is 17.6 Å². The third-order valence-electron chi connectivity index (χ3n) is 8.91. The normalized spacial score (nSPS) is 24.2. The highest BCUT2D eigenvalue weighted by Gasteiger charge is 2.31. The zero-order valence-corrected chi connectivity index (χ0v) is 29.4. The van der Waals surface area contributed by atoms with Gasteiger partial charge in [-0.3, -0.25) is 28.8 Å². The van der Waals surface area contributed by atoms with Gasteiger partial charge in [0.15, 0.2) is 5.78 Å². The second kappa shape index (κ2) is 21.8. The minimum atomic E-state index is -0.937. The number of carbonyl (C=O) groups is 6. The number of benzene rings is 1. The number of nitrogens with one attached hydrogen (secondary N) is 4.